The van der Waals surface area contributed by atoms with Crippen molar-refractivity contribution in [3.05, 3.63) is 0 Å². The summed E-state index contributed by atoms with van der Waals surface area (Å²) in [4.78, 5) is 26.1. The molecule has 2 amide bonds. The van der Waals surface area contributed by atoms with Crippen LogP contribution in [0.25, 0.3) is 0 Å². The first-order chi connectivity index (χ1) is 12.1. The van der Waals surface area contributed by atoms with Crippen molar-refractivity contribution in [2.24, 2.45) is 0 Å². The first-order valence-corrected chi connectivity index (χ1v) is 11.0. The van der Waals surface area contributed by atoms with E-state index in [0.29, 0.717) is 26.1 Å². The summed E-state index contributed by atoms with van der Waals surface area (Å²) in [5.41, 5.74) is -0.622. The molecule has 0 aromatic rings. The molecule has 0 aliphatic carbocycles. The molecule has 2 rings (SSSR count). The second kappa shape index (κ2) is 8.56. The van der Waals surface area contributed by atoms with Gasteiger partial charge in [0.25, 0.3) is 0 Å². The Hall–Kier alpha value is -1.35. The lowest BCUT2D eigenvalue weighted by Crippen LogP contribution is -2.48. The van der Waals surface area contributed by atoms with E-state index in [9.17, 15) is 18.0 Å². The minimum Gasteiger partial charge on any atom is -0.444 e. The molecule has 2 saturated heterocycles. The van der Waals surface area contributed by atoms with Crippen LogP contribution < -0.4 is 5.32 Å². The van der Waals surface area contributed by atoms with Crippen molar-refractivity contribution in [3.63, 3.8) is 0 Å². The van der Waals surface area contributed by atoms with E-state index in [1.807, 2.05) is 0 Å². The molecule has 2 aliphatic rings. The number of hydrogen-bond donors (Lipinski definition) is 1. The smallest absolute Gasteiger partial charge is 0.410 e. The topological polar surface area (TPSA) is 96.0 Å². The zero-order valence-corrected chi connectivity index (χ0v) is 16.8. The van der Waals surface area contributed by atoms with Crippen LogP contribution in [0.3, 0.4) is 0 Å². The van der Waals surface area contributed by atoms with Gasteiger partial charge in [0.1, 0.15) is 11.6 Å². The number of ether oxygens (including phenoxy) is 1. The maximum absolute atomic E-state index is 12.4. The number of likely N-dealkylation sites (tertiary alicyclic amines) is 1. The normalized spacial score (nSPS) is 22.3. The van der Waals surface area contributed by atoms with E-state index in [2.05, 4.69) is 5.32 Å². The molecule has 2 heterocycles. The SMILES string of the molecule is CC(C)(C)OC(=O)N1CCCC1C(=O)NCCS(=O)(=O)N1CCCCC1. The highest BCUT2D eigenvalue weighted by Crippen LogP contribution is 2.21. The predicted molar refractivity (Wildman–Crippen MR) is 98.2 cm³/mol. The molecule has 8 nitrogen and oxygen atoms in total. The average molecular weight is 390 g/mol. The largest absolute Gasteiger partial charge is 0.444 e. The summed E-state index contributed by atoms with van der Waals surface area (Å²) in [5, 5.41) is 2.67. The molecule has 150 valence electrons. The molecule has 2 fully saturated rings. The Morgan fingerprint density at radius 1 is 1.08 bits per heavy atom. The molecular weight excluding hydrogens is 358 g/mol. The number of piperidine rings is 1. The van der Waals surface area contributed by atoms with Crippen molar-refractivity contribution >= 4 is 22.0 Å². The van der Waals surface area contributed by atoms with Crippen molar-refractivity contribution in [2.75, 3.05) is 31.9 Å². The standard InChI is InChI=1S/C17H31N3O5S/c1-17(2,3)25-16(22)20-12-7-8-14(20)15(21)18-9-13-26(23,24)19-10-5-4-6-11-19/h14H,4-13H2,1-3H3,(H,18,21). The van der Waals surface area contributed by atoms with Gasteiger partial charge in [-0.3, -0.25) is 9.69 Å². The average Bonchev–Trinajstić information content (AvgIpc) is 3.04. The van der Waals surface area contributed by atoms with E-state index in [1.54, 1.807) is 20.8 Å². The number of nitrogens with zero attached hydrogens (tertiary/aromatic N) is 2. The third-order valence-corrected chi connectivity index (χ3v) is 6.42. The Kier molecular flexibility index (Phi) is 6.90. The summed E-state index contributed by atoms with van der Waals surface area (Å²) in [6.07, 6.45) is 3.62. The van der Waals surface area contributed by atoms with Crippen LogP contribution in [-0.2, 0) is 19.6 Å². The van der Waals surface area contributed by atoms with Gasteiger partial charge in [0.05, 0.1) is 5.75 Å². The van der Waals surface area contributed by atoms with Crippen LogP contribution in [-0.4, -0.2) is 73.2 Å². The highest BCUT2D eigenvalue weighted by Gasteiger charge is 2.36. The number of hydrogen-bond acceptors (Lipinski definition) is 5. The molecule has 0 aromatic heterocycles. The van der Waals surface area contributed by atoms with Gasteiger partial charge in [-0.05, 0) is 46.5 Å². The van der Waals surface area contributed by atoms with E-state index in [4.69, 9.17) is 4.74 Å². The van der Waals surface area contributed by atoms with E-state index in [1.165, 1.54) is 9.21 Å². The highest BCUT2D eigenvalue weighted by molar-refractivity contribution is 7.89. The van der Waals surface area contributed by atoms with Gasteiger partial charge >= 0.3 is 6.09 Å². The summed E-state index contributed by atoms with van der Waals surface area (Å²) < 4.78 is 31.5. The maximum atomic E-state index is 12.4. The third-order valence-electron chi connectivity index (χ3n) is 4.55. The second-order valence-corrected chi connectivity index (χ2v) is 9.99. The molecule has 1 N–H and O–H groups in total. The molecule has 0 spiro atoms. The van der Waals surface area contributed by atoms with E-state index >= 15 is 0 Å². The van der Waals surface area contributed by atoms with Crippen molar-refractivity contribution in [3.8, 4) is 0 Å². The number of carbonyl (C=O) groups excluding carboxylic acids is 2. The number of sulfonamides is 1. The van der Waals surface area contributed by atoms with Gasteiger partial charge in [0.2, 0.25) is 15.9 Å². The van der Waals surface area contributed by atoms with Crippen LogP contribution in [0.5, 0.6) is 0 Å². The minimum atomic E-state index is -3.34. The monoisotopic (exact) mass is 389 g/mol. The zero-order valence-electron chi connectivity index (χ0n) is 16.0. The first-order valence-electron chi connectivity index (χ1n) is 9.35. The maximum Gasteiger partial charge on any atom is 0.410 e. The lowest BCUT2D eigenvalue weighted by molar-refractivity contribution is -0.125. The number of amides is 2. The van der Waals surface area contributed by atoms with E-state index < -0.39 is 27.8 Å². The molecule has 9 heteroatoms. The van der Waals surface area contributed by atoms with Gasteiger partial charge in [-0.2, -0.15) is 0 Å². The van der Waals surface area contributed by atoms with Crippen molar-refractivity contribution in [2.45, 2.75) is 64.5 Å². The van der Waals surface area contributed by atoms with Gasteiger partial charge in [-0.15, -0.1) is 0 Å². The fourth-order valence-electron chi connectivity index (χ4n) is 3.27. The van der Waals surface area contributed by atoms with Crippen LogP contribution in [0, 0.1) is 0 Å². The Bertz CT molecular complexity index is 608. The lowest BCUT2D eigenvalue weighted by atomic mass is 10.2. The molecule has 0 radical (unpaired) electrons. The number of carbonyl (C=O) groups is 2. The Morgan fingerprint density at radius 3 is 2.35 bits per heavy atom. The summed E-state index contributed by atoms with van der Waals surface area (Å²) >= 11 is 0. The Morgan fingerprint density at radius 2 is 1.73 bits per heavy atom. The van der Waals surface area contributed by atoms with Gasteiger partial charge in [0.15, 0.2) is 0 Å². The molecule has 1 atom stereocenters. The summed E-state index contributed by atoms with van der Waals surface area (Å²) in [7, 11) is -3.34. The van der Waals surface area contributed by atoms with E-state index in [0.717, 1.165) is 25.7 Å². The van der Waals surface area contributed by atoms with E-state index in [-0.39, 0.29) is 18.2 Å². The highest BCUT2D eigenvalue weighted by atomic mass is 32.2. The van der Waals surface area contributed by atoms with Gasteiger partial charge in [-0.1, -0.05) is 6.42 Å². The molecule has 0 aromatic carbocycles. The Labute approximate surface area is 156 Å². The molecule has 1 unspecified atom stereocenters. The summed E-state index contributed by atoms with van der Waals surface area (Å²) in [6.45, 7) is 6.98. The fourth-order valence-corrected chi connectivity index (χ4v) is 4.70. The van der Waals surface area contributed by atoms with Crippen molar-refractivity contribution in [1.82, 2.24) is 14.5 Å². The van der Waals surface area contributed by atoms with Crippen LogP contribution in [0.1, 0.15) is 52.9 Å². The summed E-state index contributed by atoms with van der Waals surface area (Å²) in [6, 6.07) is -0.595. The van der Waals surface area contributed by atoms with Crippen LogP contribution in [0.4, 0.5) is 4.79 Å². The van der Waals surface area contributed by atoms with Gasteiger partial charge < -0.3 is 10.1 Å². The fraction of sp³-hybridized carbons (Fsp3) is 0.882. The zero-order chi connectivity index (χ0) is 19.4. The first kappa shape index (κ1) is 21.0. The lowest BCUT2D eigenvalue weighted by Gasteiger charge is -2.28. The number of nitrogens with one attached hydrogen (secondary N) is 1. The molecule has 0 bridgehead atoms. The molecule has 0 saturated carbocycles. The van der Waals surface area contributed by atoms with Crippen LogP contribution in [0.15, 0.2) is 0 Å². The van der Waals surface area contributed by atoms with Crippen LogP contribution in [0.2, 0.25) is 0 Å². The molecular formula is C17H31N3O5S. The van der Waals surface area contributed by atoms with Crippen molar-refractivity contribution < 1.29 is 22.7 Å². The Balaban J connectivity index is 1.83. The second-order valence-electron chi connectivity index (χ2n) is 7.90. The third kappa shape index (κ3) is 5.84. The quantitative estimate of drug-likeness (QED) is 0.765. The van der Waals surface area contributed by atoms with Crippen LogP contribution >= 0.6 is 0 Å². The predicted octanol–water partition coefficient (Wildman–Crippen LogP) is 1.32. The van der Waals surface area contributed by atoms with Gasteiger partial charge in [-0.25, -0.2) is 17.5 Å². The van der Waals surface area contributed by atoms with Gasteiger partial charge in [0, 0.05) is 26.2 Å². The minimum absolute atomic E-state index is 0.0519. The molecule has 2 aliphatic heterocycles. The van der Waals surface area contributed by atoms with Crippen molar-refractivity contribution in [1.29, 1.82) is 0 Å². The molecule has 26 heavy (non-hydrogen) atoms. The summed E-state index contributed by atoms with van der Waals surface area (Å²) in [5.74, 6) is -0.431. The number of rotatable bonds is 5.